The fourth-order valence-electron chi connectivity index (χ4n) is 2.74. The zero-order valence-electron chi connectivity index (χ0n) is 13.3. The molecule has 6 heteroatoms. The lowest BCUT2D eigenvalue weighted by molar-refractivity contribution is 0.102. The Morgan fingerprint density at radius 3 is 2.96 bits per heavy atom. The van der Waals surface area contributed by atoms with Crippen molar-refractivity contribution < 1.29 is 9.53 Å². The van der Waals surface area contributed by atoms with Gasteiger partial charge in [-0.1, -0.05) is 12.8 Å². The van der Waals surface area contributed by atoms with Gasteiger partial charge in [0.1, 0.15) is 5.56 Å². The van der Waals surface area contributed by atoms with E-state index in [9.17, 15) is 4.79 Å². The molecule has 0 atom stereocenters. The first-order valence-electron chi connectivity index (χ1n) is 8.15. The smallest absolute Gasteiger partial charge is 0.262 e. The maximum atomic E-state index is 12.5. The normalized spacial score (nSPS) is 14.5. The Hall–Kier alpha value is -1.95. The monoisotopic (exact) mass is 331 g/mol. The third-order valence-corrected chi connectivity index (χ3v) is 4.94. The number of ether oxygens (including phenoxy) is 1. The number of aryl methyl sites for hydroxylation is 2. The number of aromatic nitrogens is 2. The molecule has 0 unspecified atom stereocenters. The molecule has 5 nitrogen and oxygen atoms in total. The molecule has 3 rings (SSSR count). The second kappa shape index (κ2) is 7.55. The number of thiazole rings is 1. The van der Waals surface area contributed by atoms with Crippen LogP contribution in [0.15, 0.2) is 18.3 Å². The van der Waals surface area contributed by atoms with Crippen LogP contribution in [0.2, 0.25) is 0 Å². The van der Waals surface area contributed by atoms with Crippen molar-refractivity contribution in [1.82, 2.24) is 9.97 Å². The lowest BCUT2D eigenvalue weighted by Crippen LogP contribution is -2.14. The number of hydrogen-bond donors (Lipinski definition) is 1. The van der Waals surface area contributed by atoms with Crippen LogP contribution in [0, 0.1) is 0 Å². The average molecular weight is 331 g/mol. The standard InChI is InChI=1S/C17H21N3O2S/c1-2-22-16-12(8-7-11-18-16)15(21)20-17-19-13-9-5-3-4-6-10-14(13)23-17/h7-8,11H,2-6,9-10H2,1H3,(H,19,20,21). The topological polar surface area (TPSA) is 64.1 Å². The van der Waals surface area contributed by atoms with Crippen LogP contribution in [0.25, 0.3) is 0 Å². The maximum absolute atomic E-state index is 12.5. The molecule has 0 aliphatic heterocycles. The molecular weight excluding hydrogens is 310 g/mol. The van der Waals surface area contributed by atoms with Gasteiger partial charge >= 0.3 is 0 Å². The highest BCUT2D eigenvalue weighted by Crippen LogP contribution is 2.29. The predicted molar refractivity (Wildman–Crippen MR) is 91.3 cm³/mol. The van der Waals surface area contributed by atoms with Gasteiger partial charge in [0.15, 0.2) is 5.13 Å². The highest BCUT2D eigenvalue weighted by molar-refractivity contribution is 7.15. The summed E-state index contributed by atoms with van der Waals surface area (Å²) in [5, 5.41) is 3.58. The van der Waals surface area contributed by atoms with E-state index in [1.165, 1.54) is 30.6 Å². The summed E-state index contributed by atoms with van der Waals surface area (Å²) in [6.45, 7) is 2.35. The lowest BCUT2D eigenvalue weighted by atomic mass is 10.0. The summed E-state index contributed by atoms with van der Waals surface area (Å²) in [5.41, 5.74) is 1.60. The molecule has 1 aliphatic rings. The van der Waals surface area contributed by atoms with Crippen LogP contribution in [0.4, 0.5) is 5.13 Å². The van der Waals surface area contributed by atoms with Gasteiger partial charge in [0.25, 0.3) is 5.91 Å². The molecule has 1 amide bonds. The number of nitrogens with one attached hydrogen (secondary N) is 1. The van der Waals surface area contributed by atoms with E-state index in [2.05, 4.69) is 15.3 Å². The number of rotatable bonds is 4. The van der Waals surface area contributed by atoms with Crippen molar-refractivity contribution in [3.05, 3.63) is 34.5 Å². The molecule has 122 valence electrons. The Bertz CT molecular complexity index is 659. The molecule has 0 saturated heterocycles. The van der Waals surface area contributed by atoms with Gasteiger partial charge in [0.2, 0.25) is 5.88 Å². The van der Waals surface area contributed by atoms with Crippen molar-refractivity contribution in [2.24, 2.45) is 0 Å². The fourth-order valence-corrected chi connectivity index (χ4v) is 3.78. The summed E-state index contributed by atoms with van der Waals surface area (Å²) in [6, 6.07) is 3.45. The predicted octanol–water partition coefficient (Wildman–Crippen LogP) is 3.85. The van der Waals surface area contributed by atoms with Gasteiger partial charge in [-0.15, -0.1) is 11.3 Å². The number of carbonyl (C=O) groups excluding carboxylic acids is 1. The molecule has 0 radical (unpaired) electrons. The summed E-state index contributed by atoms with van der Waals surface area (Å²) in [7, 11) is 0. The molecule has 23 heavy (non-hydrogen) atoms. The number of hydrogen-bond acceptors (Lipinski definition) is 5. The van der Waals surface area contributed by atoms with Crippen LogP contribution >= 0.6 is 11.3 Å². The van der Waals surface area contributed by atoms with Crippen molar-refractivity contribution in [3.63, 3.8) is 0 Å². The highest BCUT2D eigenvalue weighted by Gasteiger charge is 2.18. The quantitative estimate of drug-likeness (QED) is 0.924. The fraction of sp³-hybridized carbons (Fsp3) is 0.471. The van der Waals surface area contributed by atoms with Crippen molar-refractivity contribution in [1.29, 1.82) is 0 Å². The second-order valence-corrected chi connectivity index (χ2v) is 6.63. The molecule has 2 heterocycles. The summed E-state index contributed by atoms with van der Waals surface area (Å²) in [6.07, 6.45) is 8.65. The van der Waals surface area contributed by atoms with Gasteiger partial charge in [-0.05, 0) is 44.7 Å². The Labute approximate surface area is 140 Å². The molecule has 2 aromatic rings. The van der Waals surface area contributed by atoms with E-state index in [1.807, 2.05) is 6.92 Å². The molecule has 1 aliphatic carbocycles. The summed E-state index contributed by atoms with van der Waals surface area (Å²) < 4.78 is 5.42. The third-order valence-electron chi connectivity index (χ3n) is 3.86. The van der Waals surface area contributed by atoms with Crippen molar-refractivity contribution >= 4 is 22.4 Å². The molecule has 0 aromatic carbocycles. The number of anilines is 1. The molecule has 2 aromatic heterocycles. The van der Waals surface area contributed by atoms with E-state index in [0.717, 1.165) is 18.5 Å². The van der Waals surface area contributed by atoms with Crippen molar-refractivity contribution in [2.45, 2.75) is 45.4 Å². The van der Waals surface area contributed by atoms with E-state index < -0.39 is 0 Å². The van der Waals surface area contributed by atoms with Crippen LogP contribution in [0.3, 0.4) is 0 Å². The number of carbonyl (C=O) groups is 1. The van der Waals surface area contributed by atoms with Gasteiger partial charge in [0.05, 0.1) is 12.3 Å². The largest absolute Gasteiger partial charge is 0.477 e. The zero-order chi connectivity index (χ0) is 16.1. The first-order chi connectivity index (χ1) is 11.3. The Morgan fingerprint density at radius 1 is 1.30 bits per heavy atom. The maximum Gasteiger partial charge on any atom is 0.262 e. The first kappa shape index (κ1) is 15.9. The molecule has 0 saturated carbocycles. The summed E-state index contributed by atoms with van der Waals surface area (Å²) in [5.74, 6) is 0.144. The molecule has 0 bridgehead atoms. The van der Waals surface area contributed by atoms with E-state index in [0.29, 0.717) is 23.2 Å². The SMILES string of the molecule is CCOc1ncccc1C(=O)Nc1nc2c(s1)CCCCCC2. The summed E-state index contributed by atoms with van der Waals surface area (Å²) in [4.78, 5) is 22.5. The zero-order valence-corrected chi connectivity index (χ0v) is 14.1. The Kier molecular flexibility index (Phi) is 5.23. The van der Waals surface area contributed by atoms with Gasteiger partial charge in [-0.25, -0.2) is 9.97 Å². The van der Waals surface area contributed by atoms with Gasteiger partial charge in [0, 0.05) is 11.1 Å². The third kappa shape index (κ3) is 3.88. The minimum atomic E-state index is -0.219. The highest BCUT2D eigenvalue weighted by atomic mass is 32.1. The minimum Gasteiger partial charge on any atom is -0.477 e. The van der Waals surface area contributed by atoms with E-state index in [-0.39, 0.29) is 5.91 Å². The average Bonchev–Trinajstić information content (AvgIpc) is 2.89. The number of amides is 1. The minimum absolute atomic E-state index is 0.219. The van der Waals surface area contributed by atoms with Gasteiger partial charge in [-0.2, -0.15) is 0 Å². The molecule has 0 fully saturated rings. The van der Waals surface area contributed by atoms with Crippen molar-refractivity contribution in [3.8, 4) is 5.88 Å². The van der Waals surface area contributed by atoms with Crippen LogP contribution in [-0.2, 0) is 12.8 Å². The Balaban J connectivity index is 1.77. The Morgan fingerprint density at radius 2 is 2.13 bits per heavy atom. The van der Waals surface area contributed by atoms with Crippen LogP contribution < -0.4 is 10.1 Å². The first-order valence-corrected chi connectivity index (χ1v) is 8.97. The second-order valence-electron chi connectivity index (χ2n) is 5.55. The lowest BCUT2D eigenvalue weighted by Gasteiger charge is -2.07. The number of pyridine rings is 1. The van der Waals surface area contributed by atoms with Crippen LogP contribution in [0.1, 0.15) is 53.5 Å². The molecular formula is C17H21N3O2S. The van der Waals surface area contributed by atoms with Gasteiger partial charge < -0.3 is 4.74 Å². The van der Waals surface area contributed by atoms with Gasteiger partial charge in [-0.3, -0.25) is 10.1 Å². The molecule has 1 N–H and O–H groups in total. The van der Waals surface area contributed by atoms with E-state index in [4.69, 9.17) is 4.74 Å². The molecule has 0 spiro atoms. The van der Waals surface area contributed by atoms with Crippen molar-refractivity contribution in [2.75, 3.05) is 11.9 Å². The summed E-state index contributed by atoms with van der Waals surface area (Å²) >= 11 is 1.60. The number of nitrogens with zero attached hydrogens (tertiary/aromatic N) is 2. The number of fused-ring (bicyclic) bond motifs is 1. The van der Waals surface area contributed by atoms with Crippen LogP contribution in [0.5, 0.6) is 5.88 Å². The van der Waals surface area contributed by atoms with Crippen LogP contribution in [-0.4, -0.2) is 22.5 Å². The van der Waals surface area contributed by atoms with E-state index in [1.54, 1.807) is 29.7 Å². The van der Waals surface area contributed by atoms with E-state index >= 15 is 0 Å².